The Morgan fingerprint density at radius 1 is 1.42 bits per heavy atom. The molecule has 0 aliphatic rings. The zero-order chi connectivity index (χ0) is 13.7. The molecule has 0 unspecified atom stereocenters. The third kappa shape index (κ3) is 2.92. The number of nitrogens with zero attached hydrogens (tertiary/aromatic N) is 1. The Labute approximate surface area is 109 Å². The molecular weight excluding hydrogens is 246 g/mol. The molecule has 0 aliphatic heterocycles. The van der Waals surface area contributed by atoms with E-state index in [4.69, 9.17) is 4.74 Å². The number of H-pyrrole nitrogens is 1. The van der Waals surface area contributed by atoms with Gasteiger partial charge in [-0.1, -0.05) is 6.07 Å². The van der Waals surface area contributed by atoms with Crippen LogP contribution in [0.5, 0.6) is 11.5 Å². The predicted octanol–water partition coefficient (Wildman–Crippen LogP) is 1.49. The molecule has 0 spiro atoms. The lowest BCUT2D eigenvalue weighted by atomic mass is 10.2. The minimum atomic E-state index is -0.358. The quantitative estimate of drug-likeness (QED) is 0.574. The first-order chi connectivity index (χ1) is 9.22. The molecule has 0 saturated carbocycles. The normalized spacial score (nSPS) is 10.6. The summed E-state index contributed by atoms with van der Waals surface area (Å²) in [7, 11) is 1.46. The monoisotopic (exact) mass is 259 g/mol. The molecule has 0 bridgehead atoms. The van der Waals surface area contributed by atoms with E-state index in [0.717, 1.165) is 0 Å². The van der Waals surface area contributed by atoms with Gasteiger partial charge in [0.25, 0.3) is 5.91 Å². The number of carbonyl (C=O) groups excluding carboxylic acids is 1. The number of hydrogen-bond acceptors (Lipinski definition) is 4. The average Bonchev–Trinajstić information content (AvgIpc) is 2.94. The van der Waals surface area contributed by atoms with Gasteiger partial charge in [-0.15, -0.1) is 0 Å². The Kier molecular flexibility index (Phi) is 3.82. The summed E-state index contributed by atoms with van der Waals surface area (Å²) >= 11 is 0. The molecule has 1 heterocycles. The van der Waals surface area contributed by atoms with E-state index in [1.54, 1.807) is 36.5 Å². The van der Waals surface area contributed by atoms with Crippen molar-refractivity contribution in [3.05, 3.63) is 47.8 Å². The zero-order valence-corrected chi connectivity index (χ0v) is 10.3. The van der Waals surface area contributed by atoms with Crippen molar-refractivity contribution in [2.75, 3.05) is 7.11 Å². The topological polar surface area (TPSA) is 86.7 Å². The zero-order valence-electron chi connectivity index (χ0n) is 10.3. The van der Waals surface area contributed by atoms with Gasteiger partial charge in [-0.2, -0.15) is 5.10 Å². The number of aromatic nitrogens is 1. The molecule has 2 aromatic rings. The van der Waals surface area contributed by atoms with Gasteiger partial charge < -0.3 is 14.8 Å². The first-order valence-electron chi connectivity index (χ1n) is 5.55. The first kappa shape index (κ1) is 12.7. The Morgan fingerprint density at radius 3 is 2.95 bits per heavy atom. The second-order valence-corrected chi connectivity index (χ2v) is 3.68. The van der Waals surface area contributed by atoms with Crippen LogP contribution in [-0.2, 0) is 0 Å². The molecule has 19 heavy (non-hydrogen) atoms. The number of carbonyl (C=O) groups is 1. The number of aromatic amines is 1. The van der Waals surface area contributed by atoms with Gasteiger partial charge in [-0.3, -0.25) is 4.79 Å². The van der Waals surface area contributed by atoms with Crippen molar-refractivity contribution in [3.63, 3.8) is 0 Å². The van der Waals surface area contributed by atoms with Crippen LogP contribution in [0.2, 0.25) is 0 Å². The van der Waals surface area contributed by atoms with Gasteiger partial charge in [0.05, 0.1) is 13.3 Å². The summed E-state index contributed by atoms with van der Waals surface area (Å²) in [6.07, 6.45) is 2.99. The van der Waals surface area contributed by atoms with Crippen molar-refractivity contribution in [3.8, 4) is 11.5 Å². The van der Waals surface area contributed by atoms with Crippen molar-refractivity contribution in [2.24, 2.45) is 5.10 Å². The van der Waals surface area contributed by atoms with E-state index in [0.29, 0.717) is 17.0 Å². The number of hydrogen-bond donors (Lipinski definition) is 3. The number of amides is 1. The van der Waals surface area contributed by atoms with Crippen molar-refractivity contribution in [1.82, 2.24) is 10.4 Å². The molecule has 2 rings (SSSR count). The molecule has 0 atom stereocenters. The third-order valence-electron chi connectivity index (χ3n) is 2.46. The highest BCUT2D eigenvalue weighted by molar-refractivity contribution is 5.93. The molecule has 3 N–H and O–H groups in total. The Balaban J connectivity index is 2.05. The summed E-state index contributed by atoms with van der Waals surface area (Å²) in [6.45, 7) is 0. The van der Waals surface area contributed by atoms with Gasteiger partial charge in [0.2, 0.25) is 0 Å². The summed E-state index contributed by atoms with van der Waals surface area (Å²) < 4.78 is 4.97. The van der Waals surface area contributed by atoms with E-state index in [9.17, 15) is 9.90 Å². The standard InChI is InChI=1S/C13H13N3O3/c1-19-11-6-2-4-9(12(11)17)8-15-16-13(18)10-5-3-7-14-10/h2-8,14,17H,1H3,(H,16,18)/b15-8+. The Hall–Kier alpha value is -2.76. The van der Waals surface area contributed by atoms with Crippen LogP contribution < -0.4 is 10.2 Å². The number of hydrazone groups is 1. The Bertz CT molecular complexity index is 591. The number of nitrogens with one attached hydrogen (secondary N) is 2. The second kappa shape index (κ2) is 5.72. The van der Waals surface area contributed by atoms with E-state index in [1.165, 1.54) is 13.3 Å². The molecule has 1 aromatic heterocycles. The summed E-state index contributed by atoms with van der Waals surface area (Å²) in [5.41, 5.74) is 3.20. The SMILES string of the molecule is COc1cccc(/C=N/NC(=O)c2ccc[nH]2)c1O. The highest BCUT2D eigenvalue weighted by atomic mass is 16.5. The lowest BCUT2D eigenvalue weighted by molar-refractivity contribution is 0.0951. The van der Waals surface area contributed by atoms with E-state index in [-0.39, 0.29) is 11.7 Å². The number of para-hydroxylation sites is 1. The summed E-state index contributed by atoms with van der Waals surface area (Å²) in [5, 5.41) is 13.6. The molecule has 6 heteroatoms. The summed E-state index contributed by atoms with van der Waals surface area (Å²) in [4.78, 5) is 14.3. The minimum absolute atomic E-state index is 0.0251. The predicted molar refractivity (Wildman–Crippen MR) is 70.5 cm³/mol. The Morgan fingerprint density at radius 2 is 2.26 bits per heavy atom. The summed E-state index contributed by atoms with van der Waals surface area (Å²) in [5.74, 6) is -0.0360. The number of benzene rings is 1. The average molecular weight is 259 g/mol. The molecule has 0 aliphatic carbocycles. The van der Waals surface area contributed by atoms with Crippen LogP contribution in [0.1, 0.15) is 16.1 Å². The number of phenolic OH excluding ortho intramolecular Hbond substituents is 1. The fourth-order valence-electron chi connectivity index (χ4n) is 1.50. The van der Waals surface area contributed by atoms with Crippen molar-refractivity contribution >= 4 is 12.1 Å². The largest absolute Gasteiger partial charge is 0.504 e. The smallest absolute Gasteiger partial charge is 0.287 e. The highest BCUT2D eigenvalue weighted by Crippen LogP contribution is 2.27. The van der Waals surface area contributed by atoms with Crippen LogP contribution in [0.25, 0.3) is 0 Å². The van der Waals surface area contributed by atoms with Crippen LogP contribution >= 0.6 is 0 Å². The lowest BCUT2D eigenvalue weighted by Crippen LogP contribution is -2.17. The maximum Gasteiger partial charge on any atom is 0.287 e. The van der Waals surface area contributed by atoms with Crippen molar-refractivity contribution in [2.45, 2.75) is 0 Å². The van der Waals surface area contributed by atoms with Crippen LogP contribution in [0.15, 0.2) is 41.6 Å². The van der Waals surface area contributed by atoms with Gasteiger partial charge >= 0.3 is 0 Å². The molecule has 0 fully saturated rings. The van der Waals surface area contributed by atoms with Crippen LogP contribution in [0, 0.1) is 0 Å². The van der Waals surface area contributed by atoms with E-state index in [1.807, 2.05) is 0 Å². The maximum atomic E-state index is 11.6. The van der Waals surface area contributed by atoms with Gasteiger partial charge in [0, 0.05) is 11.8 Å². The fourth-order valence-corrected chi connectivity index (χ4v) is 1.50. The van der Waals surface area contributed by atoms with E-state index >= 15 is 0 Å². The van der Waals surface area contributed by atoms with E-state index < -0.39 is 0 Å². The van der Waals surface area contributed by atoms with Gasteiger partial charge in [-0.05, 0) is 24.3 Å². The van der Waals surface area contributed by atoms with Gasteiger partial charge in [-0.25, -0.2) is 5.43 Å². The van der Waals surface area contributed by atoms with Crippen molar-refractivity contribution < 1.29 is 14.6 Å². The van der Waals surface area contributed by atoms with Crippen molar-refractivity contribution in [1.29, 1.82) is 0 Å². The number of methoxy groups -OCH3 is 1. The lowest BCUT2D eigenvalue weighted by Gasteiger charge is -2.04. The maximum absolute atomic E-state index is 11.6. The highest BCUT2D eigenvalue weighted by Gasteiger charge is 2.06. The first-order valence-corrected chi connectivity index (χ1v) is 5.55. The molecular formula is C13H13N3O3. The van der Waals surface area contributed by atoms with Crippen LogP contribution in [-0.4, -0.2) is 29.3 Å². The van der Waals surface area contributed by atoms with Gasteiger partial charge in [0.15, 0.2) is 11.5 Å². The molecule has 98 valence electrons. The second-order valence-electron chi connectivity index (χ2n) is 3.68. The molecule has 1 amide bonds. The van der Waals surface area contributed by atoms with E-state index in [2.05, 4.69) is 15.5 Å². The van der Waals surface area contributed by atoms with Crippen LogP contribution in [0.3, 0.4) is 0 Å². The minimum Gasteiger partial charge on any atom is -0.504 e. The molecule has 0 saturated heterocycles. The number of rotatable bonds is 4. The third-order valence-corrected chi connectivity index (χ3v) is 2.46. The number of ether oxygens (including phenoxy) is 1. The van der Waals surface area contributed by atoms with Gasteiger partial charge in [0.1, 0.15) is 5.69 Å². The molecule has 1 aromatic carbocycles. The molecule has 6 nitrogen and oxygen atoms in total. The number of aromatic hydroxyl groups is 1. The fraction of sp³-hybridized carbons (Fsp3) is 0.0769. The summed E-state index contributed by atoms with van der Waals surface area (Å²) in [6, 6.07) is 8.35. The molecule has 0 radical (unpaired) electrons. The number of phenols is 1. The van der Waals surface area contributed by atoms with Crippen LogP contribution in [0.4, 0.5) is 0 Å².